The van der Waals surface area contributed by atoms with Crippen molar-refractivity contribution in [3.8, 4) is 0 Å². The lowest BCUT2D eigenvalue weighted by molar-refractivity contribution is -0.161. The molecule has 7 rings (SSSR count). The van der Waals surface area contributed by atoms with Gasteiger partial charge in [0.05, 0.1) is 12.1 Å². The smallest absolute Gasteiger partial charge is 0.315 e. The van der Waals surface area contributed by atoms with Crippen molar-refractivity contribution in [1.82, 2.24) is 60.3 Å². The average Bonchev–Trinajstić information content (AvgIpc) is 2.52. The number of unbranched alkanes of at least 4 members (excludes halogenated alkanes) is 10. The van der Waals surface area contributed by atoms with Gasteiger partial charge in [0, 0.05) is 110 Å². The van der Waals surface area contributed by atoms with Gasteiger partial charge in [-0.15, -0.1) is 0 Å². The summed E-state index contributed by atoms with van der Waals surface area (Å²) in [5.41, 5.74) is 11.5. The first-order valence-electron chi connectivity index (χ1n) is 32.4. The van der Waals surface area contributed by atoms with Crippen LogP contribution in [0.25, 0.3) is 0 Å². The molecule has 89 heavy (non-hydrogen) atoms. The first kappa shape index (κ1) is 69.7. The van der Waals surface area contributed by atoms with E-state index in [2.05, 4.69) is 26.2 Å². The second-order valence-corrected chi connectivity index (χ2v) is 25.6. The molecule has 496 valence electrons. The van der Waals surface area contributed by atoms with Gasteiger partial charge in [0.1, 0.15) is 37.3 Å². The monoisotopic (exact) mass is 1270 g/mol. The number of carboxylic acids is 2. The largest absolute Gasteiger partial charge is 0.481 e. The van der Waals surface area contributed by atoms with Crippen molar-refractivity contribution < 1.29 is 58.2 Å². The summed E-state index contributed by atoms with van der Waals surface area (Å²) in [5.74, 6) is -1.97. The second-order valence-electron chi connectivity index (χ2n) is 24.3. The molecule has 6 aliphatic rings. The number of likely N-dealkylation sites (N-methyl/N-ethyl adjacent to an activating group) is 2. The fourth-order valence-electron chi connectivity index (χ4n) is 12.7. The molecule has 0 radical (unpaired) electrons. The van der Waals surface area contributed by atoms with Gasteiger partial charge in [-0.3, -0.25) is 43.2 Å². The molecular formula is C59H97N17O12S. The molecule has 0 saturated carbocycles. The quantitative estimate of drug-likeness (QED) is 0.0334. The Morgan fingerprint density at radius 1 is 0.584 bits per heavy atom. The first-order chi connectivity index (χ1) is 42.9. The number of thioether (sulfide) groups is 1. The fourth-order valence-corrected chi connectivity index (χ4v) is 14.2. The second kappa shape index (κ2) is 35.0. The number of nitrogens with one attached hydrogen (secondary N) is 4. The molecule has 7 atom stereocenters. The highest BCUT2D eigenvalue weighted by atomic mass is 32.2. The minimum absolute atomic E-state index is 0.0291. The molecule has 0 spiro atoms. The molecule has 0 aromatic carbocycles. The summed E-state index contributed by atoms with van der Waals surface area (Å²) in [6.07, 6.45) is 13.0. The van der Waals surface area contributed by atoms with Crippen LogP contribution in [0.1, 0.15) is 141 Å². The van der Waals surface area contributed by atoms with Gasteiger partial charge in [0.2, 0.25) is 59.2 Å². The standard InChI is InChI=1S/C59H97N17O12S/c1-69-42(21-23-49(80)81)54(86)75(37-47(69)78)41(17-10-13-25-60)52(84)62-27-15-8-6-4-3-5-7-9-20-46(77)71-29-33-73(34-30-71)57-66-56(63-28-16-12-19-45-51-40(39-89-45)64-59(88)65-51)67-58(68-57)74-35-31-72(32-36-74)53(85)44(18-11-14-26-61)76-38-48(79)70(2)43(55(76)87)22-24-50(82)83/h40-45,51H,3-39,60-61H2,1-2H3,(H,62,84)(H,80,81)(H,82,83)(H2,64,65,88)(H,63,66,67,68)/t40-,41-,42-,43-,44-,45-,51-/m0/s1. The Morgan fingerprint density at radius 3 is 1.64 bits per heavy atom. The van der Waals surface area contributed by atoms with Crippen LogP contribution in [0.4, 0.5) is 22.6 Å². The number of carbonyl (C=O) groups is 10. The van der Waals surface area contributed by atoms with Crippen molar-refractivity contribution in [3.05, 3.63) is 0 Å². The van der Waals surface area contributed by atoms with Crippen molar-refractivity contribution in [2.24, 2.45) is 11.5 Å². The summed E-state index contributed by atoms with van der Waals surface area (Å²) >= 11 is 1.89. The molecule has 0 aliphatic carbocycles. The van der Waals surface area contributed by atoms with Crippen LogP contribution < -0.4 is 42.5 Å². The highest BCUT2D eigenvalue weighted by Crippen LogP contribution is 2.33. The molecule has 6 fully saturated rings. The predicted molar refractivity (Wildman–Crippen MR) is 333 cm³/mol. The first-order valence-corrected chi connectivity index (χ1v) is 33.4. The van der Waals surface area contributed by atoms with Crippen LogP contribution in [0.5, 0.6) is 0 Å². The van der Waals surface area contributed by atoms with Crippen LogP contribution in [0.15, 0.2) is 0 Å². The molecule has 0 bridgehead atoms. The maximum absolute atomic E-state index is 14.5. The predicted octanol–water partition coefficient (Wildman–Crippen LogP) is 0.607. The normalized spacial score (nSPS) is 22.1. The molecular weight excluding hydrogens is 1170 g/mol. The van der Waals surface area contributed by atoms with Gasteiger partial charge >= 0.3 is 18.0 Å². The topological polar surface area (TPSA) is 376 Å². The van der Waals surface area contributed by atoms with Crippen LogP contribution in [-0.4, -0.2) is 267 Å². The minimum Gasteiger partial charge on any atom is -0.481 e. The maximum Gasteiger partial charge on any atom is 0.315 e. The van der Waals surface area contributed by atoms with Crippen LogP contribution in [0, 0.1) is 0 Å². The number of fused-ring (bicyclic) bond motifs is 1. The number of aromatic nitrogens is 3. The third kappa shape index (κ3) is 19.8. The van der Waals surface area contributed by atoms with E-state index < -0.39 is 47.9 Å². The summed E-state index contributed by atoms with van der Waals surface area (Å²) in [6.45, 7) is 4.76. The van der Waals surface area contributed by atoms with E-state index in [1.165, 1.54) is 33.7 Å². The van der Waals surface area contributed by atoms with E-state index in [4.69, 9.17) is 26.4 Å². The van der Waals surface area contributed by atoms with E-state index in [-0.39, 0.29) is 86.4 Å². The van der Waals surface area contributed by atoms with E-state index in [9.17, 15) is 58.2 Å². The van der Waals surface area contributed by atoms with Gasteiger partial charge in [-0.25, -0.2) is 4.79 Å². The molecule has 1 aromatic heterocycles. The highest BCUT2D eigenvalue weighted by Gasteiger charge is 2.46. The van der Waals surface area contributed by atoms with E-state index in [0.29, 0.717) is 147 Å². The Labute approximate surface area is 526 Å². The number of anilines is 3. The number of piperazine rings is 4. The summed E-state index contributed by atoms with van der Waals surface area (Å²) in [5, 5.41) is 31.4. The van der Waals surface area contributed by atoms with Crippen LogP contribution in [0.2, 0.25) is 0 Å². The Bertz CT molecular complexity index is 2590. The summed E-state index contributed by atoms with van der Waals surface area (Å²) in [7, 11) is 2.98. The Morgan fingerprint density at radius 2 is 1.09 bits per heavy atom. The van der Waals surface area contributed by atoms with E-state index in [1.807, 2.05) is 21.6 Å². The van der Waals surface area contributed by atoms with Crippen molar-refractivity contribution in [1.29, 1.82) is 0 Å². The summed E-state index contributed by atoms with van der Waals surface area (Å²) < 4.78 is 0. The zero-order chi connectivity index (χ0) is 64.0. The number of nitrogens with zero attached hydrogens (tertiary/aromatic N) is 11. The lowest BCUT2D eigenvalue weighted by Crippen LogP contribution is -2.64. The lowest BCUT2D eigenvalue weighted by atomic mass is 10.00. The number of hydrogen-bond donors (Lipinski definition) is 8. The van der Waals surface area contributed by atoms with Crippen molar-refractivity contribution >= 4 is 88.9 Å². The molecule has 30 heteroatoms. The number of nitrogens with two attached hydrogens (primary N) is 2. The Hall–Kier alpha value is -6.82. The molecule has 0 unspecified atom stereocenters. The molecule has 6 saturated heterocycles. The lowest BCUT2D eigenvalue weighted by Gasteiger charge is -2.43. The molecule has 9 amide bonds. The zero-order valence-electron chi connectivity index (χ0n) is 52.2. The number of aliphatic carboxylic acids is 2. The molecule has 10 N–H and O–H groups in total. The Balaban J connectivity index is 0.856. The zero-order valence-corrected chi connectivity index (χ0v) is 53.0. The molecule has 29 nitrogen and oxygen atoms in total. The van der Waals surface area contributed by atoms with E-state index >= 15 is 0 Å². The van der Waals surface area contributed by atoms with Gasteiger partial charge in [0.15, 0.2) is 0 Å². The number of urea groups is 1. The van der Waals surface area contributed by atoms with Crippen molar-refractivity contribution in [3.63, 3.8) is 0 Å². The van der Waals surface area contributed by atoms with Crippen molar-refractivity contribution in [2.75, 3.05) is 127 Å². The van der Waals surface area contributed by atoms with E-state index in [1.54, 1.807) is 4.90 Å². The van der Waals surface area contributed by atoms with Gasteiger partial charge in [-0.1, -0.05) is 44.9 Å². The third-order valence-electron chi connectivity index (χ3n) is 18.1. The third-order valence-corrected chi connectivity index (χ3v) is 19.6. The highest BCUT2D eigenvalue weighted by molar-refractivity contribution is 8.00. The number of hydrogen-bond acceptors (Lipinski definition) is 19. The number of amides is 9. The van der Waals surface area contributed by atoms with Gasteiger partial charge in [0.25, 0.3) is 0 Å². The summed E-state index contributed by atoms with van der Waals surface area (Å²) in [4.78, 5) is 157. The van der Waals surface area contributed by atoms with Crippen LogP contribution in [0.3, 0.4) is 0 Å². The molecule has 6 aliphatic heterocycles. The Kier molecular flexibility index (Phi) is 27.4. The average molecular weight is 1270 g/mol. The molecule has 7 heterocycles. The van der Waals surface area contributed by atoms with Gasteiger partial charge < -0.3 is 82.1 Å². The summed E-state index contributed by atoms with van der Waals surface area (Å²) in [6, 6.07) is -3.50. The number of carbonyl (C=O) groups excluding carboxylic acids is 8. The SMILES string of the molecule is CN1C(=O)CN([C@@H](CCCCN)C(=O)NCCCCCCCCCCC(=O)N2CCN(c3nc(NCCCC[C@@H]4SC[C@@H]5NC(=O)N[C@@H]54)nc(N4CCN(C(=O)[C@H](CCCCN)N5CC(=O)N(C)[C@@H](CCC(=O)O)C5=O)CC4)n3)CC2)C(=O)[C@@H]1CCC(=O)O. The van der Waals surface area contributed by atoms with Crippen LogP contribution in [-0.2, 0) is 43.2 Å². The fraction of sp³-hybridized carbons (Fsp3) is 0.780. The van der Waals surface area contributed by atoms with Crippen molar-refractivity contribution in [2.45, 2.75) is 183 Å². The molecule has 1 aromatic rings. The number of rotatable bonds is 37. The van der Waals surface area contributed by atoms with E-state index in [0.717, 1.165) is 76.4 Å². The van der Waals surface area contributed by atoms with Gasteiger partial charge in [-0.2, -0.15) is 26.7 Å². The maximum atomic E-state index is 14.5. The minimum atomic E-state index is -1.08. The van der Waals surface area contributed by atoms with Gasteiger partial charge in [-0.05, 0) is 90.1 Å². The van der Waals surface area contributed by atoms with Crippen LogP contribution >= 0.6 is 11.8 Å². The number of carboxylic acid groups (broad SMARTS) is 2.